The summed E-state index contributed by atoms with van der Waals surface area (Å²) in [6.45, 7) is 1.76. The summed E-state index contributed by atoms with van der Waals surface area (Å²) in [6, 6.07) is 15.4. The van der Waals surface area contributed by atoms with E-state index in [4.69, 9.17) is 22.7 Å². The highest BCUT2D eigenvalue weighted by Gasteiger charge is 2.04. The Kier molecular flexibility index (Phi) is 6.47. The van der Waals surface area contributed by atoms with Crippen molar-refractivity contribution in [3.8, 4) is 16.9 Å². The molecule has 0 unspecified atom stereocenters. The molecule has 0 aliphatic rings. The first kappa shape index (κ1) is 18.4. The van der Waals surface area contributed by atoms with Crippen molar-refractivity contribution in [3.63, 3.8) is 0 Å². The van der Waals surface area contributed by atoms with E-state index in [0.29, 0.717) is 5.75 Å². The van der Waals surface area contributed by atoms with Gasteiger partial charge in [0.25, 0.3) is 0 Å². The zero-order chi connectivity index (χ0) is 18.2. The van der Waals surface area contributed by atoms with Gasteiger partial charge in [0, 0.05) is 0 Å². The molecule has 25 heavy (non-hydrogen) atoms. The molecule has 0 aromatic heterocycles. The molecule has 0 saturated heterocycles. The summed E-state index contributed by atoms with van der Waals surface area (Å²) < 4.78 is 9.86. The number of carbonyl (C=O) groups excluding carboxylic acids is 1. The normalized spacial score (nSPS) is 10.9. The van der Waals surface area contributed by atoms with Gasteiger partial charge in [0.15, 0.2) is 11.7 Å². The van der Waals surface area contributed by atoms with Crippen LogP contribution >= 0.6 is 12.2 Å². The molecule has 0 radical (unpaired) electrons. The second-order valence-electron chi connectivity index (χ2n) is 5.14. The number of thiocarbonyl (C=S) groups is 1. The number of hydrogen-bond acceptors (Lipinski definition) is 5. The lowest BCUT2D eigenvalue weighted by atomic mass is 10.0. The summed E-state index contributed by atoms with van der Waals surface area (Å²) in [7, 11) is 1.32. The van der Waals surface area contributed by atoms with Crippen LogP contribution in [0.1, 0.15) is 12.5 Å². The van der Waals surface area contributed by atoms with Gasteiger partial charge in [0.05, 0.1) is 12.8 Å². The van der Waals surface area contributed by atoms with Crippen LogP contribution in [0.4, 0.5) is 0 Å². The summed E-state index contributed by atoms with van der Waals surface area (Å²) in [5, 5.41) is 4.23. The Hall–Kier alpha value is -2.93. The van der Waals surface area contributed by atoms with Crippen LogP contribution in [0.5, 0.6) is 5.75 Å². The maximum Gasteiger partial charge on any atom is 0.343 e. The molecule has 3 N–H and O–H groups in total. The van der Waals surface area contributed by atoms with Crippen LogP contribution in [0.15, 0.2) is 53.6 Å². The molecular weight excluding hydrogens is 338 g/mol. The molecule has 0 bridgehead atoms. The lowest BCUT2D eigenvalue weighted by molar-refractivity contribution is -0.142. The molecule has 0 aliphatic heterocycles. The van der Waals surface area contributed by atoms with E-state index < -0.39 is 5.97 Å². The standard InChI is InChI=1S/C18H19N3O3S/c1-12(20-21-18(19)25)13-3-5-14(6-4-13)15-7-9-16(10-8-15)24-11-17(22)23-2/h3-10H,11H2,1-2H3,(H3,19,21,25)/b20-12+. The van der Waals surface area contributed by atoms with Gasteiger partial charge in [-0.25, -0.2) is 4.79 Å². The minimum absolute atomic E-state index is 0.108. The molecule has 6 nitrogen and oxygen atoms in total. The highest BCUT2D eigenvalue weighted by Crippen LogP contribution is 2.23. The van der Waals surface area contributed by atoms with Gasteiger partial charge in [0.2, 0.25) is 0 Å². The molecule has 0 saturated carbocycles. The van der Waals surface area contributed by atoms with E-state index in [-0.39, 0.29) is 11.7 Å². The Morgan fingerprint density at radius 1 is 1.12 bits per heavy atom. The maximum atomic E-state index is 11.1. The molecule has 0 heterocycles. The predicted molar refractivity (Wildman–Crippen MR) is 102 cm³/mol. The minimum atomic E-state index is -0.415. The Morgan fingerprint density at radius 2 is 1.68 bits per heavy atom. The summed E-state index contributed by atoms with van der Waals surface area (Å²) in [6.07, 6.45) is 0. The fraction of sp³-hybridized carbons (Fsp3) is 0.167. The number of methoxy groups -OCH3 is 1. The third kappa shape index (κ3) is 5.58. The van der Waals surface area contributed by atoms with Crippen molar-refractivity contribution in [1.29, 1.82) is 0 Å². The minimum Gasteiger partial charge on any atom is -0.482 e. The first-order chi connectivity index (χ1) is 12.0. The second kappa shape index (κ2) is 8.79. The van der Waals surface area contributed by atoms with E-state index in [1.165, 1.54) is 7.11 Å². The molecule has 0 amide bonds. The van der Waals surface area contributed by atoms with Gasteiger partial charge in [-0.15, -0.1) is 0 Å². The van der Waals surface area contributed by atoms with Gasteiger partial charge >= 0.3 is 5.97 Å². The molecule has 0 spiro atoms. The highest BCUT2D eigenvalue weighted by molar-refractivity contribution is 7.80. The second-order valence-corrected chi connectivity index (χ2v) is 5.58. The van der Waals surface area contributed by atoms with Crippen LogP contribution in [0.25, 0.3) is 11.1 Å². The average molecular weight is 357 g/mol. The fourth-order valence-corrected chi connectivity index (χ4v) is 2.10. The van der Waals surface area contributed by atoms with E-state index in [1.54, 1.807) is 0 Å². The lowest BCUT2D eigenvalue weighted by Crippen LogP contribution is -2.25. The maximum absolute atomic E-state index is 11.1. The van der Waals surface area contributed by atoms with E-state index in [0.717, 1.165) is 22.4 Å². The van der Waals surface area contributed by atoms with Crippen LogP contribution < -0.4 is 15.9 Å². The van der Waals surface area contributed by atoms with Gasteiger partial charge < -0.3 is 15.2 Å². The Bertz CT molecular complexity index is 771. The van der Waals surface area contributed by atoms with E-state index >= 15 is 0 Å². The predicted octanol–water partition coefficient (Wildman–Crippen LogP) is 2.46. The van der Waals surface area contributed by atoms with Gasteiger partial charge in [-0.3, -0.25) is 5.43 Å². The third-order valence-electron chi connectivity index (χ3n) is 3.41. The first-order valence-electron chi connectivity index (χ1n) is 7.50. The summed E-state index contributed by atoms with van der Waals surface area (Å²) in [5.41, 5.74) is 11.8. The average Bonchev–Trinajstić information content (AvgIpc) is 2.64. The summed E-state index contributed by atoms with van der Waals surface area (Å²) >= 11 is 4.72. The van der Waals surface area contributed by atoms with Crippen molar-refractivity contribution in [1.82, 2.24) is 5.43 Å². The Labute approximate surface area is 151 Å². The zero-order valence-corrected chi connectivity index (χ0v) is 14.8. The monoisotopic (exact) mass is 357 g/mol. The van der Waals surface area contributed by atoms with Gasteiger partial charge in [-0.05, 0) is 48.0 Å². The number of benzene rings is 2. The fourth-order valence-electron chi connectivity index (χ4n) is 2.05. The number of nitrogens with two attached hydrogens (primary N) is 1. The summed E-state index contributed by atoms with van der Waals surface area (Å²) in [4.78, 5) is 11.1. The number of hydrogen-bond donors (Lipinski definition) is 2. The number of rotatable bonds is 6. The smallest absolute Gasteiger partial charge is 0.343 e. The van der Waals surface area contributed by atoms with E-state index in [1.807, 2.05) is 55.5 Å². The van der Waals surface area contributed by atoms with Crippen LogP contribution in [0.2, 0.25) is 0 Å². The van der Waals surface area contributed by atoms with E-state index in [9.17, 15) is 4.79 Å². The van der Waals surface area contributed by atoms with Crippen molar-refractivity contribution in [2.75, 3.05) is 13.7 Å². The third-order valence-corrected chi connectivity index (χ3v) is 3.50. The summed E-state index contributed by atoms with van der Waals surface area (Å²) in [5.74, 6) is 0.194. The molecule has 0 aliphatic carbocycles. The van der Waals surface area contributed by atoms with Crippen molar-refractivity contribution < 1.29 is 14.3 Å². The molecule has 2 aromatic carbocycles. The van der Waals surface area contributed by atoms with Crippen LogP contribution in [-0.2, 0) is 9.53 Å². The molecular formula is C18H19N3O3S. The number of nitrogens with zero attached hydrogens (tertiary/aromatic N) is 1. The van der Waals surface area contributed by atoms with Crippen molar-refractivity contribution in [3.05, 3.63) is 54.1 Å². The lowest BCUT2D eigenvalue weighted by Gasteiger charge is -2.07. The van der Waals surface area contributed by atoms with Crippen LogP contribution in [0.3, 0.4) is 0 Å². The first-order valence-corrected chi connectivity index (χ1v) is 7.90. The highest BCUT2D eigenvalue weighted by atomic mass is 32.1. The number of ether oxygens (including phenoxy) is 2. The van der Waals surface area contributed by atoms with Gasteiger partial charge in [-0.1, -0.05) is 36.4 Å². The molecule has 7 heteroatoms. The SMILES string of the molecule is COC(=O)COc1ccc(-c2ccc(/C(C)=N/NC(N)=S)cc2)cc1. The quantitative estimate of drug-likeness (QED) is 0.357. The Balaban J connectivity index is 2.05. The van der Waals surface area contributed by atoms with E-state index in [2.05, 4.69) is 15.3 Å². The number of hydrazone groups is 1. The number of carbonyl (C=O) groups is 1. The molecule has 2 rings (SSSR count). The molecule has 0 atom stereocenters. The zero-order valence-electron chi connectivity index (χ0n) is 14.0. The molecule has 2 aromatic rings. The van der Waals surface area contributed by atoms with Crippen molar-refractivity contribution in [2.24, 2.45) is 10.8 Å². The van der Waals surface area contributed by atoms with Crippen LogP contribution in [-0.4, -0.2) is 30.5 Å². The largest absolute Gasteiger partial charge is 0.482 e. The topological polar surface area (TPSA) is 85.9 Å². The van der Waals surface area contributed by atoms with Crippen molar-refractivity contribution >= 4 is 29.0 Å². The van der Waals surface area contributed by atoms with Gasteiger partial charge in [-0.2, -0.15) is 5.10 Å². The molecule has 0 fully saturated rings. The van der Waals surface area contributed by atoms with Crippen LogP contribution in [0, 0.1) is 0 Å². The Morgan fingerprint density at radius 3 is 2.20 bits per heavy atom. The molecule has 130 valence electrons. The number of nitrogens with one attached hydrogen (secondary N) is 1. The number of esters is 1. The van der Waals surface area contributed by atoms with Gasteiger partial charge in [0.1, 0.15) is 5.75 Å². The van der Waals surface area contributed by atoms with Crippen molar-refractivity contribution in [2.45, 2.75) is 6.92 Å².